The van der Waals surface area contributed by atoms with Gasteiger partial charge in [0.1, 0.15) is 11.9 Å². The minimum atomic E-state index is -2.00. The summed E-state index contributed by atoms with van der Waals surface area (Å²) in [5, 5.41) is 3.02. The van der Waals surface area contributed by atoms with Gasteiger partial charge < -0.3 is 28.7 Å². The van der Waals surface area contributed by atoms with Crippen LogP contribution in [0.25, 0.3) is 0 Å². The van der Waals surface area contributed by atoms with Crippen LogP contribution in [-0.4, -0.2) is 50.4 Å². The first-order valence-electron chi connectivity index (χ1n) is 13.8. The van der Waals surface area contributed by atoms with Crippen LogP contribution >= 0.6 is 8.60 Å². The van der Waals surface area contributed by atoms with Crippen LogP contribution in [0.3, 0.4) is 0 Å². The molecule has 208 valence electrons. The molecule has 8 heteroatoms. The summed E-state index contributed by atoms with van der Waals surface area (Å²) in [5.41, 5.74) is 0.985. The van der Waals surface area contributed by atoms with Crippen molar-refractivity contribution in [1.82, 2.24) is 5.32 Å². The van der Waals surface area contributed by atoms with E-state index in [2.05, 4.69) is 12.2 Å². The molecule has 0 spiro atoms. The Morgan fingerprint density at radius 3 is 2.25 bits per heavy atom. The number of esters is 1. The molecule has 1 rings (SSSR count). The average molecular weight is 528 g/mol. The van der Waals surface area contributed by atoms with E-state index in [0.29, 0.717) is 19.6 Å². The third kappa shape index (κ3) is 18.9. The van der Waals surface area contributed by atoms with Gasteiger partial charge in [-0.05, 0) is 44.1 Å². The molecule has 0 fully saturated rings. The molecule has 2 unspecified atom stereocenters. The van der Waals surface area contributed by atoms with E-state index in [1.54, 1.807) is 0 Å². The lowest BCUT2D eigenvalue weighted by Gasteiger charge is -2.19. The zero-order chi connectivity index (χ0) is 26.3. The molecule has 0 aliphatic rings. The van der Waals surface area contributed by atoms with E-state index in [0.717, 1.165) is 30.7 Å². The number of nitrogens with one attached hydrogen (secondary N) is 1. The first-order valence-corrected chi connectivity index (χ1v) is 15.0. The van der Waals surface area contributed by atoms with Gasteiger partial charge in [-0.25, -0.2) is 0 Å². The normalized spacial score (nSPS) is 12.9. The van der Waals surface area contributed by atoms with Crippen LogP contribution in [0.15, 0.2) is 24.3 Å². The molecule has 7 nitrogen and oxygen atoms in total. The smallest absolute Gasteiger partial charge is 0.329 e. The molecule has 2 N–H and O–H groups in total. The fourth-order valence-electron chi connectivity index (χ4n) is 3.93. The lowest BCUT2D eigenvalue weighted by Crippen LogP contribution is -2.24. The third-order valence-electron chi connectivity index (χ3n) is 5.85. The van der Waals surface area contributed by atoms with Gasteiger partial charge in [0.2, 0.25) is 0 Å². The van der Waals surface area contributed by atoms with Crippen LogP contribution in [0.4, 0.5) is 0 Å². The van der Waals surface area contributed by atoms with Gasteiger partial charge in [-0.1, -0.05) is 83.3 Å². The molecule has 0 amide bonds. The van der Waals surface area contributed by atoms with Gasteiger partial charge in [-0.2, -0.15) is 0 Å². The summed E-state index contributed by atoms with van der Waals surface area (Å²) in [5.74, 6) is 0.434. The number of carbonyl (C=O) groups excluding carboxylic acids is 1. The van der Waals surface area contributed by atoms with Crippen molar-refractivity contribution in [2.75, 3.05) is 33.4 Å². The molecule has 1 aromatic carbocycles. The van der Waals surface area contributed by atoms with E-state index in [1.165, 1.54) is 71.1 Å². The van der Waals surface area contributed by atoms with E-state index in [1.807, 2.05) is 31.3 Å². The quantitative estimate of drug-likeness (QED) is 0.0877. The molecule has 0 radical (unpaired) electrons. The number of rotatable bonds is 24. The Labute approximate surface area is 220 Å². The molecular formula is C28H50NO6P. The monoisotopic (exact) mass is 527 g/mol. The topological polar surface area (TPSA) is 86.2 Å². The van der Waals surface area contributed by atoms with Crippen LogP contribution in [0.2, 0.25) is 0 Å². The largest absolute Gasteiger partial charge is 0.494 e. The van der Waals surface area contributed by atoms with Gasteiger partial charge in [-0.15, -0.1) is 0 Å². The van der Waals surface area contributed by atoms with Crippen LogP contribution in [0, 0.1) is 0 Å². The number of benzene rings is 1. The lowest BCUT2D eigenvalue weighted by atomic mass is 10.1. The zero-order valence-corrected chi connectivity index (χ0v) is 23.7. The predicted molar refractivity (Wildman–Crippen MR) is 147 cm³/mol. The summed E-state index contributed by atoms with van der Waals surface area (Å²) in [6.45, 7) is 5.61. The number of carbonyl (C=O) groups is 1. The van der Waals surface area contributed by atoms with Gasteiger partial charge in [-0.3, -0.25) is 4.79 Å². The second-order valence-electron chi connectivity index (χ2n) is 9.29. The number of hydrogen-bond donors (Lipinski definition) is 2. The second-order valence-corrected chi connectivity index (χ2v) is 10.3. The highest BCUT2D eigenvalue weighted by molar-refractivity contribution is 7.40. The Hall–Kier alpha value is -1.24. The van der Waals surface area contributed by atoms with Crippen LogP contribution in [-0.2, 0) is 25.0 Å². The maximum absolute atomic E-state index is 11.5. The molecule has 0 saturated heterocycles. The Morgan fingerprint density at radius 1 is 0.944 bits per heavy atom. The second kappa shape index (κ2) is 22.9. The Balaban J connectivity index is 2.27. The maximum atomic E-state index is 11.5. The highest BCUT2D eigenvalue weighted by Gasteiger charge is 2.17. The molecule has 1 aromatic rings. The van der Waals surface area contributed by atoms with Crippen molar-refractivity contribution >= 4 is 14.6 Å². The van der Waals surface area contributed by atoms with Gasteiger partial charge in [0.05, 0.1) is 19.8 Å². The van der Waals surface area contributed by atoms with Crippen LogP contribution in [0.5, 0.6) is 5.75 Å². The summed E-state index contributed by atoms with van der Waals surface area (Å²) >= 11 is 0. The predicted octanol–water partition coefficient (Wildman–Crippen LogP) is 6.71. The zero-order valence-electron chi connectivity index (χ0n) is 22.8. The van der Waals surface area contributed by atoms with Crippen molar-refractivity contribution < 1.29 is 28.2 Å². The van der Waals surface area contributed by atoms with Crippen molar-refractivity contribution in [2.24, 2.45) is 0 Å². The lowest BCUT2D eigenvalue weighted by molar-refractivity contribution is -0.147. The Kier molecular flexibility index (Phi) is 20.9. The number of unbranched alkanes of at least 4 members (excludes halogenated alkanes) is 10. The summed E-state index contributed by atoms with van der Waals surface area (Å²) in [4.78, 5) is 21.5. The van der Waals surface area contributed by atoms with Crippen molar-refractivity contribution in [3.8, 4) is 5.75 Å². The van der Waals surface area contributed by atoms with Crippen molar-refractivity contribution in [1.29, 1.82) is 0 Å². The number of ether oxygens (including phenoxy) is 2. The number of hydrogen-bond acceptors (Lipinski definition) is 7. The van der Waals surface area contributed by atoms with E-state index < -0.39 is 14.7 Å². The molecule has 0 aliphatic heterocycles. The minimum Gasteiger partial charge on any atom is -0.494 e. The minimum absolute atomic E-state index is 0.0671. The van der Waals surface area contributed by atoms with Crippen molar-refractivity contribution in [3.05, 3.63) is 29.8 Å². The first kappa shape index (κ1) is 32.8. The molecular weight excluding hydrogens is 477 g/mol. The molecule has 2 atom stereocenters. The van der Waals surface area contributed by atoms with Gasteiger partial charge in [0, 0.05) is 13.3 Å². The summed E-state index contributed by atoms with van der Waals surface area (Å²) < 4.78 is 22.0. The molecule has 36 heavy (non-hydrogen) atoms. The summed E-state index contributed by atoms with van der Waals surface area (Å²) in [6.07, 6.45) is 15.2. The maximum Gasteiger partial charge on any atom is 0.329 e. The Bertz CT molecular complexity index is 663. The first-order chi connectivity index (χ1) is 17.5. The SMILES string of the molecule is CCCCCCCCCCCCCOc1cccc(CC(COP(O)OCCCNC)OC(C)=O)c1. The van der Waals surface area contributed by atoms with E-state index in [4.69, 9.17) is 18.5 Å². The van der Waals surface area contributed by atoms with E-state index in [-0.39, 0.29) is 12.6 Å². The Morgan fingerprint density at radius 2 is 1.61 bits per heavy atom. The standard InChI is InChI=1S/C28H50NO6P/c1-4-5-6-7-8-9-10-11-12-13-14-20-32-27-18-15-17-26(22-27)23-28(35-25(2)30)24-34-36(31)33-21-16-19-29-3/h15,17-18,22,28-29,31H,4-14,16,19-21,23-24H2,1-3H3. The highest BCUT2D eigenvalue weighted by Crippen LogP contribution is 2.33. The van der Waals surface area contributed by atoms with Crippen molar-refractivity contribution in [3.63, 3.8) is 0 Å². The van der Waals surface area contributed by atoms with Gasteiger partial charge in [0.15, 0.2) is 0 Å². The van der Waals surface area contributed by atoms with Gasteiger partial charge >= 0.3 is 14.6 Å². The summed E-state index contributed by atoms with van der Waals surface area (Å²) in [7, 11) is -0.138. The van der Waals surface area contributed by atoms with Crippen LogP contribution in [0.1, 0.15) is 96.5 Å². The fourth-order valence-corrected chi connectivity index (χ4v) is 4.58. The van der Waals surface area contributed by atoms with Gasteiger partial charge in [0.25, 0.3) is 0 Å². The van der Waals surface area contributed by atoms with E-state index >= 15 is 0 Å². The molecule has 0 saturated carbocycles. The highest BCUT2D eigenvalue weighted by atomic mass is 31.2. The summed E-state index contributed by atoms with van der Waals surface area (Å²) in [6, 6.07) is 7.85. The average Bonchev–Trinajstić information content (AvgIpc) is 2.86. The van der Waals surface area contributed by atoms with Crippen LogP contribution < -0.4 is 10.1 Å². The molecule has 0 aliphatic carbocycles. The van der Waals surface area contributed by atoms with Crippen molar-refractivity contribution in [2.45, 2.75) is 103 Å². The molecule has 0 aromatic heterocycles. The molecule has 0 heterocycles. The van der Waals surface area contributed by atoms with E-state index in [9.17, 15) is 9.69 Å². The molecule has 0 bridgehead atoms. The third-order valence-corrected chi connectivity index (χ3v) is 6.63. The fraction of sp³-hybridized carbons (Fsp3) is 0.750.